The van der Waals surface area contributed by atoms with Gasteiger partial charge in [-0.1, -0.05) is 0 Å². The van der Waals surface area contributed by atoms with Crippen LogP contribution in [0, 0.1) is 5.92 Å². The van der Waals surface area contributed by atoms with Gasteiger partial charge in [-0.2, -0.15) is 5.10 Å². The van der Waals surface area contributed by atoms with Gasteiger partial charge in [0.05, 0.1) is 12.6 Å². The van der Waals surface area contributed by atoms with Gasteiger partial charge in [-0.3, -0.25) is 4.68 Å². The van der Waals surface area contributed by atoms with Crippen molar-refractivity contribution in [2.45, 2.75) is 25.5 Å². The maximum atomic E-state index is 10.7. The summed E-state index contributed by atoms with van der Waals surface area (Å²) in [5.74, 6) is 0.410. The lowest BCUT2D eigenvalue weighted by molar-refractivity contribution is 0.0719. The van der Waals surface area contributed by atoms with Gasteiger partial charge in [0.25, 0.3) is 0 Å². The van der Waals surface area contributed by atoms with Gasteiger partial charge in [0.15, 0.2) is 0 Å². The van der Waals surface area contributed by atoms with Gasteiger partial charge in [-0.25, -0.2) is 4.79 Å². The van der Waals surface area contributed by atoms with E-state index in [1.807, 2.05) is 12.3 Å². The number of piperidine rings is 1. The van der Waals surface area contributed by atoms with Crippen molar-refractivity contribution in [1.82, 2.24) is 20.0 Å². The fourth-order valence-corrected chi connectivity index (χ4v) is 2.71. The summed E-state index contributed by atoms with van der Waals surface area (Å²) in [6.07, 6.45) is 5.29. The quantitative estimate of drug-likeness (QED) is 0.662. The standard InChI is InChI=1S/C13H23N5O2/c14-13(20)15-7-11-3-1-5-17(8-11)9-12(19)10-18-6-2-4-16-18/h2,4,6,11-12,19H,1,3,5,7-10H2,(H3,14,15,20)/t11-,12+/m1/s1. The van der Waals surface area contributed by atoms with E-state index in [1.54, 1.807) is 10.9 Å². The van der Waals surface area contributed by atoms with E-state index in [0.717, 1.165) is 25.9 Å². The molecule has 1 saturated heterocycles. The molecule has 1 aromatic rings. The number of nitrogens with two attached hydrogens (primary N) is 1. The average Bonchev–Trinajstić information content (AvgIpc) is 2.89. The summed E-state index contributed by atoms with van der Waals surface area (Å²) in [7, 11) is 0. The molecule has 2 heterocycles. The Kier molecular flexibility index (Phi) is 5.37. The lowest BCUT2D eigenvalue weighted by Gasteiger charge is -2.33. The Morgan fingerprint density at radius 1 is 1.55 bits per heavy atom. The molecule has 0 aromatic carbocycles. The van der Waals surface area contributed by atoms with Gasteiger partial charge in [-0.05, 0) is 31.4 Å². The van der Waals surface area contributed by atoms with E-state index >= 15 is 0 Å². The zero-order valence-corrected chi connectivity index (χ0v) is 11.6. The third kappa shape index (κ3) is 4.82. The van der Waals surface area contributed by atoms with Crippen LogP contribution >= 0.6 is 0 Å². The number of nitrogens with zero attached hydrogens (tertiary/aromatic N) is 3. The molecule has 2 atom stereocenters. The number of urea groups is 1. The van der Waals surface area contributed by atoms with E-state index < -0.39 is 12.1 Å². The lowest BCUT2D eigenvalue weighted by Crippen LogP contribution is -2.45. The summed E-state index contributed by atoms with van der Waals surface area (Å²) in [5, 5.41) is 16.8. The van der Waals surface area contributed by atoms with Crippen LogP contribution in [0.15, 0.2) is 18.5 Å². The molecule has 1 aromatic heterocycles. The zero-order valence-electron chi connectivity index (χ0n) is 11.6. The molecule has 0 unspecified atom stereocenters. The number of nitrogens with one attached hydrogen (secondary N) is 1. The number of rotatable bonds is 6. The van der Waals surface area contributed by atoms with Crippen molar-refractivity contribution in [2.75, 3.05) is 26.2 Å². The van der Waals surface area contributed by atoms with Crippen molar-refractivity contribution >= 4 is 6.03 Å². The first-order chi connectivity index (χ1) is 9.63. The van der Waals surface area contributed by atoms with Crippen LogP contribution in [0.2, 0.25) is 0 Å². The minimum absolute atomic E-state index is 0.410. The molecule has 7 heteroatoms. The summed E-state index contributed by atoms with van der Waals surface area (Å²) in [6, 6.07) is 1.37. The molecule has 0 saturated carbocycles. The van der Waals surface area contributed by atoms with Gasteiger partial charge in [0, 0.05) is 32.0 Å². The van der Waals surface area contributed by atoms with Crippen LogP contribution in [0.25, 0.3) is 0 Å². The van der Waals surface area contributed by atoms with Crippen LogP contribution < -0.4 is 11.1 Å². The number of aliphatic hydroxyl groups excluding tert-OH is 1. The Balaban J connectivity index is 1.73. The third-order valence-corrected chi connectivity index (χ3v) is 3.59. The monoisotopic (exact) mass is 281 g/mol. The Morgan fingerprint density at radius 3 is 3.10 bits per heavy atom. The van der Waals surface area contributed by atoms with E-state index in [4.69, 9.17) is 5.73 Å². The number of likely N-dealkylation sites (tertiary alicyclic amines) is 1. The fourth-order valence-electron chi connectivity index (χ4n) is 2.71. The maximum absolute atomic E-state index is 10.7. The van der Waals surface area contributed by atoms with Crippen molar-refractivity contribution in [1.29, 1.82) is 0 Å². The first-order valence-electron chi connectivity index (χ1n) is 7.04. The van der Waals surface area contributed by atoms with Crippen LogP contribution in [-0.4, -0.2) is 58.1 Å². The van der Waals surface area contributed by atoms with Gasteiger partial charge in [-0.15, -0.1) is 0 Å². The largest absolute Gasteiger partial charge is 0.390 e. The van der Waals surface area contributed by atoms with Crippen LogP contribution in [0.5, 0.6) is 0 Å². The predicted octanol–water partition coefficient (Wildman–Crippen LogP) is -0.376. The van der Waals surface area contributed by atoms with Crippen LogP contribution in [0.4, 0.5) is 4.79 Å². The number of carbonyl (C=O) groups is 1. The normalized spacial score (nSPS) is 21.6. The van der Waals surface area contributed by atoms with E-state index in [-0.39, 0.29) is 0 Å². The number of β-amino-alcohol motifs (C(OH)–C–C–N with tert-alkyl or cyclic N) is 1. The molecule has 0 bridgehead atoms. The lowest BCUT2D eigenvalue weighted by atomic mass is 9.98. The Morgan fingerprint density at radius 2 is 2.40 bits per heavy atom. The Labute approximate surface area is 118 Å². The van der Waals surface area contributed by atoms with Crippen LogP contribution in [0.3, 0.4) is 0 Å². The number of hydrogen-bond donors (Lipinski definition) is 3. The second kappa shape index (κ2) is 7.25. The first-order valence-corrected chi connectivity index (χ1v) is 7.04. The summed E-state index contributed by atoms with van der Waals surface area (Å²) < 4.78 is 1.74. The van der Waals surface area contributed by atoms with Crippen molar-refractivity contribution in [2.24, 2.45) is 11.7 Å². The van der Waals surface area contributed by atoms with Gasteiger partial charge in [0.1, 0.15) is 0 Å². The number of carbonyl (C=O) groups excluding carboxylic acids is 1. The Bertz CT molecular complexity index is 409. The molecule has 0 spiro atoms. The first kappa shape index (κ1) is 14.8. The molecule has 20 heavy (non-hydrogen) atoms. The summed E-state index contributed by atoms with van der Waals surface area (Å²) >= 11 is 0. The van der Waals surface area contributed by atoms with E-state index in [0.29, 0.717) is 25.6 Å². The van der Waals surface area contributed by atoms with Gasteiger partial charge < -0.3 is 21.1 Å². The number of aromatic nitrogens is 2. The molecule has 4 N–H and O–H groups in total. The number of hydrogen-bond acceptors (Lipinski definition) is 4. The minimum atomic E-state index is -0.471. The van der Waals surface area contributed by atoms with Crippen molar-refractivity contribution in [3.63, 3.8) is 0 Å². The molecule has 0 aliphatic carbocycles. The van der Waals surface area contributed by atoms with Crippen LogP contribution in [0.1, 0.15) is 12.8 Å². The smallest absolute Gasteiger partial charge is 0.312 e. The second-order valence-electron chi connectivity index (χ2n) is 5.39. The Hall–Kier alpha value is -1.60. The molecule has 2 rings (SSSR count). The van der Waals surface area contributed by atoms with Crippen molar-refractivity contribution in [3.05, 3.63) is 18.5 Å². The summed E-state index contributed by atoms with van der Waals surface area (Å²) in [5.41, 5.74) is 5.09. The van der Waals surface area contributed by atoms with Crippen LogP contribution in [-0.2, 0) is 6.54 Å². The highest BCUT2D eigenvalue weighted by Crippen LogP contribution is 2.16. The molecule has 7 nitrogen and oxygen atoms in total. The number of primary amides is 1. The van der Waals surface area contributed by atoms with E-state index in [9.17, 15) is 9.90 Å². The molecular formula is C13H23N5O2. The topological polar surface area (TPSA) is 96.4 Å². The minimum Gasteiger partial charge on any atom is -0.390 e. The SMILES string of the molecule is NC(=O)NC[C@H]1CCCN(C[C@H](O)Cn2cccn2)C1. The highest BCUT2D eigenvalue weighted by Gasteiger charge is 2.22. The molecule has 2 amide bonds. The van der Waals surface area contributed by atoms with Gasteiger partial charge in [0.2, 0.25) is 0 Å². The molecule has 0 radical (unpaired) electrons. The highest BCUT2D eigenvalue weighted by molar-refractivity contribution is 5.71. The molecule has 1 aliphatic rings. The number of aliphatic hydroxyl groups is 1. The predicted molar refractivity (Wildman–Crippen MR) is 75.0 cm³/mol. The fraction of sp³-hybridized carbons (Fsp3) is 0.692. The molecule has 112 valence electrons. The number of amides is 2. The van der Waals surface area contributed by atoms with E-state index in [2.05, 4.69) is 15.3 Å². The van der Waals surface area contributed by atoms with Crippen molar-refractivity contribution < 1.29 is 9.90 Å². The third-order valence-electron chi connectivity index (χ3n) is 3.59. The summed E-state index contributed by atoms with van der Waals surface area (Å²) in [6.45, 7) is 3.63. The summed E-state index contributed by atoms with van der Waals surface area (Å²) in [4.78, 5) is 13.0. The van der Waals surface area contributed by atoms with Gasteiger partial charge >= 0.3 is 6.03 Å². The molecule has 1 fully saturated rings. The zero-order chi connectivity index (χ0) is 14.4. The molecule has 1 aliphatic heterocycles. The highest BCUT2D eigenvalue weighted by atomic mass is 16.3. The second-order valence-corrected chi connectivity index (χ2v) is 5.39. The maximum Gasteiger partial charge on any atom is 0.312 e. The average molecular weight is 281 g/mol. The van der Waals surface area contributed by atoms with Crippen molar-refractivity contribution in [3.8, 4) is 0 Å². The molecular weight excluding hydrogens is 258 g/mol. The van der Waals surface area contributed by atoms with E-state index in [1.165, 1.54) is 0 Å².